The quantitative estimate of drug-likeness (QED) is 0.640. The third-order valence-electron chi connectivity index (χ3n) is 2.54. The van der Waals surface area contributed by atoms with Crippen molar-refractivity contribution in [1.82, 2.24) is 0 Å². The molecule has 0 radical (unpaired) electrons. The van der Waals surface area contributed by atoms with E-state index >= 15 is 0 Å². The van der Waals surface area contributed by atoms with E-state index in [1.54, 1.807) is 12.1 Å². The van der Waals surface area contributed by atoms with Crippen molar-refractivity contribution in [2.24, 2.45) is 0 Å². The van der Waals surface area contributed by atoms with E-state index in [-0.39, 0.29) is 18.0 Å². The van der Waals surface area contributed by atoms with Gasteiger partial charge in [-0.3, -0.25) is 9.27 Å². The van der Waals surface area contributed by atoms with Crippen molar-refractivity contribution in [3.05, 3.63) is 18.2 Å². The van der Waals surface area contributed by atoms with Crippen LogP contribution in [0.3, 0.4) is 0 Å². The van der Waals surface area contributed by atoms with Gasteiger partial charge in [-0.05, 0) is 19.1 Å². The molecule has 0 spiro atoms. The number of ether oxygens (including phenoxy) is 1. The van der Waals surface area contributed by atoms with Gasteiger partial charge < -0.3 is 14.7 Å². The number of anilines is 2. The Morgan fingerprint density at radius 2 is 2.11 bits per heavy atom. The first-order valence-corrected chi connectivity index (χ1v) is 7.14. The SMILES string of the molecule is CCN(CCO)c1ccc(NS(=O)(=O)O)c(OC)c1. The molecule has 0 aromatic heterocycles. The molecule has 3 N–H and O–H groups in total. The summed E-state index contributed by atoms with van der Waals surface area (Å²) in [7, 11) is -2.94. The van der Waals surface area contributed by atoms with Crippen molar-refractivity contribution in [1.29, 1.82) is 0 Å². The van der Waals surface area contributed by atoms with Gasteiger partial charge in [0, 0.05) is 24.8 Å². The smallest absolute Gasteiger partial charge is 0.357 e. The number of aliphatic hydroxyl groups excluding tert-OH is 1. The predicted molar refractivity (Wildman–Crippen MR) is 73.1 cm³/mol. The molecule has 1 aromatic carbocycles. The zero-order valence-corrected chi connectivity index (χ0v) is 11.6. The summed E-state index contributed by atoms with van der Waals surface area (Å²) in [6, 6.07) is 4.80. The van der Waals surface area contributed by atoms with Gasteiger partial charge in [-0.15, -0.1) is 0 Å². The predicted octanol–water partition coefficient (Wildman–Crippen LogP) is 0.728. The number of nitrogens with zero attached hydrogens (tertiary/aromatic N) is 1. The van der Waals surface area contributed by atoms with E-state index in [1.807, 2.05) is 16.5 Å². The minimum absolute atomic E-state index is 0.0151. The average molecular weight is 290 g/mol. The van der Waals surface area contributed by atoms with E-state index in [4.69, 9.17) is 14.4 Å². The molecule has 0 aliphatic heterocycles. The third-order valence-corrected chi connectivity index (χ3v) is 3.02. The van der Waals surface area contributed by atoms with Crippen LogP contribution in [0, 0.1) is 0 Å². The summed E-state index contributed by atoms with van der Waals surface area (Å²) in [5.41, 5.74) is 0.933. The molecule has 0 aliphatic rings. The first-order chi connectivity index (χ1) is 8.91. The van der Waals surface area contributed by atoms with Gasteiger partial charge in [0.2, 0.25) is 0 Å². The molecule has 7 nitrogen and oxygen atoms in total. The summed E-state index contributed by atoms with van der Waals surface area (Å²) in [4.78, 5) is 1.90. The van der Waals surface area contributed by atoms with Crippen LogP contribution in [0.1, 0.15) is 6.92 Å². The van der Waals surface area contributed by atoms with E-state index in [0.29, 0.717) is 13.1 Å². The topological polar surface area (TPSA) is 99.1 Å². The zero-order chi connectivity index (χ0) is 14.5. The highest BCUT2D eigenvalue weighted by Gasteiger charge is 2.12. The maximum atomic E-state index is 10.8. The first kappa shape index (κ1) is 15.5. The second-order valence-electron chi connectivity index (χ2n) is 3.76. The summed E-state index contributed by atoms with van der Waals surface area (Å²) in [5.74, 6) is 0.284. The lowest BCUT2D eigenvalue weighted by molar-refractivity contribution is 0.302. The molecule has 0 amide bonds. The van der Waals surface area contributed by atoms with Crippen molar-refractivity contribution >= 4 is 21.7 Å². The van der Waals surface area contributed by atoms with E-state index in [9.17, 15) is 8.42 Å². The molecule has 0 heterocycles. The number of rotatable bonds is 7. The van der Waals surface area contributed by atoms with Gasteiger partial charge in [0.25, 0.3) is 0 Å². The van der Waals surface area contributed by atoms with E-state index < -0.39 is 10.3 Å². The van der Waals surface area contributed by atoms with Gasteiger partial charge in [-0.1, -0.05) is 0 Å². The Labute approximate surface area is 112 Å². The van der Waals surface area contributed by atoms with E-state index in [2.05, 4.69) is 0 Å². The largest absolute Gasteiger partial charge is 0.494 e. The van der Waals surface area contributed by atoms with Gasteiger partial charge in [0.15, 0.2) is 0 Å². The lowest BCUT2D eigenvalue weighted by Crippen LogP contribution is -2.26. The van der Waals surface area contributed by atoms with Crippen LogP contribution in [0.2, 0.25) is 0 Å². The minimum atomic E-state index is -4.34. The highest BCUT2D eigenvalue weighted by Crippen LogP contribution is 2.30. The average Bonchev–Trinajstić information content (AvgIpc) is 2.35. The molecule has 0 bridgehead atoms. The Bertz CT molecular complexity index is 518. The molecule has 0 atom stereocenters. The maximum absolute atomic E-state index is 10.8. The highest BCUT2D eigenvalue weighted by atomic mass is 32.2. The second kappa shape index (κ2) is 6.60. The Morgan fingerprint density at radius 1 is 1.42 bits per heavy atom. The van der Waals surface area contributed by atoms with Crippen LogP contribution in [0.15, 0.2) is 18.2 Å². The number of benzene rings is 1. The summed E-state index contributed by atoms with van der Waals surface area (Å²) in [6.07, 6.45) is 0. The van der Waals surface area contributed by atoms with Crippen LogP contribution in [0.25, 0.3) is 0 Å². The Balaban J connectivity index is 3.07. The molecule has 8 heteroatoms. The number of methoxy groups -OCH3 is 1. The molecule has 19 heavy (non-hydrogen) atoms. The van der Waals surface area contributed by atoms with Gasteiger partial charge >= 0.3 is 10.3 Å². The number of likely N-dealkylation sites (N-methyl/N-ethyl adjacent to an activating group) is 1. The molecule has 1 aromatic rings. The minimum Gasteiger partial charge on any atom is -0.494 e. The Morgan fingerprint density at radius 3 is 2.58 bits per heavy atom. The second-order valence-corrected chi connectivity index (χ2v) is 4.92. The van der Waals surface area contributed by atoms with Crippen molar-refractivity contribution in [2.45, 2.75) is 6.92 Å². The fourth-order valence-corrected chi connectivity index (χ4v) is 2.14. The van der Waals surface area contributed by atoms with Crippen LogP contribution >= 0.6 is 0 Å². The van der Waals surface area contributed by atoms with Crippen LogP contribution in [0.4, 0.5) is 11.4 Å². The van der Waals surface area contributed by atoms with Crippen LogP contribution < -0.4 is 14.4 Å². The summed E-state index contributed by atoms with van der Waals surface area (Å²) >= 11 is 0. The summed E-state index contributed by atoms with van der Waals surface area (Å²) in [5, 5.41) is 8.97. The molecule has 0 aliphatic carbocycles. The Hall–Kier alpha value is -1.51. The molecule has 108 valence electrons. The van der Waals surface area contributed by atoms with E-state index in [0.717, 1.165) is 5.69 Å². The Kier molecular flexibility index (Phi) is 5.40. The third kappa shape index (κ3) is 4.58. The fourth-order valence-electron chi connectivity index (χ4n) is 1.69. The number of hydrogen-bond donors (Lipinski definition) is 3. The summed E-state index contributed by atoms with van der Waals surface area (Å²) in [6.45, 7) is 3.10. The fraction of sp³-hybridized carbons (Fsp3) is 0.455. The molecular weight excluding hydrogens is 272 g/mol. The summed E-state index contributed by atoms with van der Waals surface area (Å²) < 4.78 is 37.4. The first-order valence-electron chi connectivity index (χ1n) is 5.70. The number of aliphatic hydroxyl groups is 1. The highest BCUT2D eigenvalue weighted by molar-refractivity contribution is 7.87. The lowest BCUT2D eigenvalue weighted by atomic mass is 10.2. The molecule has 0 saturated heterocycles. The number of hydrogen-bond acceptors (Lipinski definition) is 5. The molecule has 0 unspecified atom stereocenters. The zero-order valence-electron chi connectivity index (χ0n) is 10.8. The molecular formula is C11H18N2O5S. The molecule has 0 saturated carbocycles. The van der Waals surface area contributed by atoms with Crippen LogP contribution in [-0.2, 0) is 10.3 Å². The van der Waals surface area contributed by atoms with Crippen molar-refractivity contribution in [2.75, 3.05) is 36.4 Å². The maximum Gasteiger partial charge on any atom is 0.357 e. The van der Waals surface area contributed by atoms with E-state index in [1.165, 1.54) is 13.2 Å². The number of nitrogens with one attached hydrogen (secondary N) is 1. The van der Waals surface area contributed by atoms with Crippen molar-refractivity contribution in [3.8, 4) is 5.75 Å². The van der Waals surface area contributed by atoms with Crippen LogP contribution in [0.5, 0.6) is 5.75 Å². The van der Waals surface area contributed by atoms with Gasteiger partial charge in [-0.2, -0.15) is 8.42 Å². The van der Waals surface area contributed by atoms with Crippen molar-refractivity contribution in [3.63, 3.8) is 0 Å². The molecule has 1 rings (SSSR count). The van der Waals surface area contributed by atoms with Gasteiger partial charge in [-0.25, -0.2) is 0 Å². The lowest BCUT2D eigenvalue weighted by Gasteiger charge is -2.23. The van der Waals surface area contributed by atoms with Gasteiger partial charge in [0.1, 0.15) is 5.75 Å². The molecule has 0 fully saturated rings. The van der Waals surface area contributed by atoms with Crippen LogP contribution in [-0.4, -0.2) is 44.9 Å². The monoisotopic (exact) mass is 290 g/mol. The van der Waals surface area contributed by atoms with Crippen molar-refractivity contribution < 1.29 is 22.8 Å². The van der Waals surface area contributed by atoms with Gasteiger partial charge in [0.05, 0.1) is 19.4 Å². The standard InChI is InChI=1S/C11H18N2O5S/c1-3-13(6-7-14)9-4-5-10(11(8-9)18-2)12-19(15,16)17/h4-5,8,12,14H,3,6-7H2,1-2H3,(H,15,16,17). The normalized spacial score (nSPS) is 11.2.